The summed E-state index contributed by atoms with van der Waals surface area (Å²) in [5.74, 6) is 0.270. The van der Waals surface area contributed by atoms with Gasteiger partial charge in [0.15, 0.2) is 5.16 Å². The maximum Gasteiger partial charge on any atom is 0.269 e. The van der Waals surface area contributed by atoms with Gasteiger partial charge in [0.05, 0.1) is 35.6 Å². The molecule has 0 saturated carbocycles. The number of carbonyl (C=O) groups excluding carboxylic acids is 1. The number of nitro benzene ring substituents is 1. The summed E-state index contributed by atoms with van der Waals surface area (Å²) in [5.41, 5.74) is 2.41. The smallest absolute Gasteiger partial charge is 0.269 e. The number of hydrogen-bond donors (Lipinski definition) is 0. The van der Waals surface area contributed by atoms with Crippen molar-refractivity contribution in [3.8, 4) is 0 Å². The Morgan fingerprint density at radius 1 is 1.00 bits per heavy atom. The number of amides is 1. The number of ether oxygens (including phenoxy) is 1. The normalized spacial score (nSPS) is 13.6. The van der Waals surface area contributed by atoms with Gasteiger partial charge in [-0.15, -0.1) is 0 Å². The fourth-order valence-corrected chi connectivity index (χ4v) is 5.15. The molecule has 0 spiro atoms. The predicted molar refractivity (Wildman–Crippen MR) is 141 cm³/mol. The SMILES string of the molecule is O=C(c1ccc2c(=O)n(Cc3ccccc3)c(SCc3cccc([N+](=O)[O-])c3)nc2c1)N1CCOCC1. The van der Waals surface area contributed by atoms with Crippen molar-refractivity contribution in [3.63, 3.8) is 0 Å². The van der Waals surface area contributed by atoms with E-state index in [-0.39, 0.29) is 17.2 Å². The van der Waals surface area contributed by atoms with Crippen molar-refractivity contribution < 1.29 is 14.5 Å². The number of thioether (sulfide) groups is 1. The zero-order valence-corrected chi connectivity index (χ0v) is 20.7. The van der Waals surface area contributed by atoms with Gasteiger partial charge in [0.1, 0.15) is 0 Å². The number of morpholine rings is 1. The summed E-state index contributed by atoms with van der Waals surface area (Å²) in [6.45, 7) is 2.37. The molecular formula is C27H24N4O5S. The van der Waals surface area contributed by atoms with Crippen LogP contribution in [0.1, 0.15) is 21.5 Å². The summed E-state index contributed by atoms with van der Waals surface area (Å²) >= 11 is 1.33. The van der Waals surface area contributed by atoms with Gasteiger partial charge in [-0.05, 0) is 29.3 Å². The first-order chi connectivity index (χ1) is 18.0. The standard InChI is InChI=1S/C27H24N4O5S/c32-25(29-11-13-36-14-12-29)21-9-10-23-24(16-21)28-27(30(26(23)33)17-19-5-2-1-3-6-19)37-18-20-7-4-8-22(15-20)31(34)35/h1-10,15-16H,11-14,17-18H2. The van der Waals surface area contributed by atoms with Crippen LogP contribution in [-0.4, -0.2) is 51.6 Å². The van der Waals surface area contributed by atoms with Crippen molar-refractivity contribution in [1.82, 2.24) is 14.5 Å². The lowest BCUT2D eigenvalue weighted by Crippen LogP contribution is -2.40. The Bertz CT molecular complexity index is 1520. The maximum atomic E-state index is 13.6. The lowest BCUT2D eigenvalue weighted by Gasteiger charge is -2.26. The molecule has 0 N–H and O–H groups in total. The van der Waals surface area contributed by atoms with Crippen LogP contribution < -0.4 is 5.56 Å². The molecule has 1 saturated heterocycles. The molecule has 1 amide bonds. The van der Waals surface area contributed by atoms with Crippen molar-refractivity contribution in [2.24, 2.45) is 0 Å². The van der Waals surface area contributed by atoms with Crippen molar-refractivity contribution >= 4 is 34.3 Å². The fraction of sp³-hybridized carbons (Fsp3) is 0.222. The average molecular weight is 517 g/mol. The number of nitro groups is 1. The minimum Gasteiger partial charge on any atom is -0.378 e. The lowest BCUT2D eigenvalue weighted by molar-refractivity contribution is -0.384. The van der Waals surface area contributed by atoms with E-state index < -0.39 is 4.92 Å². The van der Waals surface area contributed by atoms with E-state index in [9.17, 15) is 19.7 Å². The molecular weight excluding hydrogens is 492 g/mol. The molecule has 10 heteroatoms. The Hall–Kier alpha value is -4.02. The number of carbonyl (C=O) groups is 1. The minimum atomic E-state index is -0.430. The van der Waals surface area contributed by atoms with Crippen LogP contribution in [0.2, 0.25) is 0 Å². The predicted octanol–water partition coefficient (Wildman–Crippen LogP) is 4.12. The van der Waals surface area contributed by atoms with Gasteiger partial charge in [0.25, 0.3) is 17.2 Å². The van der Waals surface area contributed by atoms with Crippen molar-refractivity contribution in [2.45, 2.75) is 17.5 Å². The lowest BCUT2D eigenvalue weighted by atomic mass is 10.1. The quantitative estimate of drug-likeness (QED) is 0.157. The first-order valence-electron chi connectivity index (χ1n) is 11.8. The Kier molecular flexibility index (Phi) is 7.29. The highest BCUT2D eigenvalue weighted by molar-refractivity contribution is 7.98. The maximum absolute atomic E-state index is 13.6. The second kappa shape index (κ2) is 10.9. The highest BCUT2D eigenvalue weighted by Crippen LogP contribution is 2.25. The van der Waals surface area contributed by atoms with E-state index in [1.54, 1.807) is 39.8 Å². The summed E-state index contributed by atoms with van der Waals surface area (Å²) in [6.07, 6.45) is 0. The third kappa shape index (κ3) is 5.55. The molecule has 188 valence electrons. The first kappa shape index (κ1) is 24.7. The van der Waals surface area contributed by atoms with Gasteiger partial charge in [-0.2, -0.15) is 0 Å². The molecule has 0 unspecified atom stereocenters. The van der Waals surface area contributed by atoms with E-state index in [0.717, 1.165) is 11.1 Å². The highest BCUT2D eigenvalue weighted by Gasteiger charge is 2.20. The zero-order valence-electron chi connectivity index (χ0n) is 19.9. The molecule has 1 aliphatic rings. The summed E-state index contributed by atoms with van der Waals surface area (Å²) in [6, 6.07) is 21.0. The number of non-ortho nitro benzene ring substituents is 1. The Morgan fingerprint density at radius 3 is 2.51 bits per heavy atom. The molecule has 0 radical (unpaired) electrons. The van der Waals surface area contributed by atoms with Gasteiger partial charge in [0, 0.05) is 36.5 Å². The molecule has 1 fully saturated rings. The van der Waals surface area contributed by atoms with Crippen LogP contribution in [0.3, 0.4) is 0 Å². The Balaban J connectivity index is 1.52. The van der Waals surface area contributed by atoms with Crippen molar-refractivity contribution in [3.05, 3.63) is 110 Å². The molecule has 4 aromatic rings. The topological polar surface area (TPSA) is 108 Å². The number of hydrogen-bond acceptors (Lipinski definition) is 7. The second-order valence-corrected chi connectivity index (χ2v) is 9.57. The van der Waals surface area contributed by atoms with E-state index in [1.165, 1.54) is 23.9 Å². The third-order valence-corrected chi connectivity index (χ3v) is 7.19. The summed E-state index contributed by atoms with van der Waals surface area (Å²) in [7, 11) is 0. The molecule has 1 aliphatic heterocycles. The number of nitrogens with zero attached hydrogens (tertiary/aromatic N) is 4. The van der Waals surface area contributed by atoms with Crippen LogP contribution in [0.5, 0.6) is 0 Å². The largest absolute Gasteiger partial charge is 0.378 e. The number of aromatic nitrogens is 2. The van der Waals surface area contributed by atoms with E-state index in [4.69, 9.17) is 9.72 Å². The van der Waals surface area contributed by atoms with Crippen molar-refractivity contribution in [2.75, 3.05) is 26.3 Å². The average Bonchev–Trinajstić information content (AvgIpc) is 2.94. The van der Waals surface area contributed by atoms with Gasteiger partial charge >= 0.3 is 0 Å². The fourth-order valence-electron chi connectivity index (χ4n) is 4.21. The number of benzene rings is 3. The van der Waals surface area contributed by atoms with Crippen LogP contribution in [0.15, 0.2) is 82.7 Å². The molecule has 0 bridgehead atoms. The van der Waals surface area contributed by atoms with Crippen LogP contribution >= 0.6 is 11.8 Å². The highest BCUT2D eigenvalue weighted by atomic mass is 32.2. The van der Waals surface area contributed by atoms with Crippen LogP contribution in [0.4, 0.5) is 5.69 Å². The summed E-state index contributed by atoms with van der Waals surface area (Å²) < 4.78 is 6.96. The number of fused-ring (bicyclic) bond motifs is 1. The van der Waals surface area contributed by atoms with Gasteiger partial charge in [0.2, 0.25) is 0 Å². The zero-order chi connectivity index (χ0) is 25.8. The van der Waals surface area contributed by atoms with Crippen LogP contribution in [-0.2, 0) is 17.0 Å². The molecule has 1 aromatic heterocycles. The Labute approximate surface area is 216 Å². The molecule has 2 heterocycles. The minimum absolute atomic E-state index is 0.0116. The van der Waals surface area contributed by atoms with Gasteiger partial charge in [-0.1, -0.05) is 54.2 Å². The molecule has 0 atom stereocenters. The van der Waals surface area contributed by atoms with Crippen molar-refractivity contribution in [1.29, 1.82) is 0 Å². The van der Waals surface area contributed by atoms with E-state index in [0.29, 0.717) is 60.2 Å². The van der Waals surface area contributed by atoms with E-state index >= 15 is 0 Å². The van der Waals surface area contributed by atoms with Crippen LogP contribution in [0, 0.1) is 10.1 Å². The van der Waals surface area contributed by atoms with Gasteiger partial charge in [-0.25, -0.2) is 4.98 Å². The number of rotatable bonds is 7. The monoisotopic (exact) mass is 516 g/mol. The second-order valence-electron chi connectivity index (χ2n) is 8.62. The van der Waals surface area contributed by atoms with Crippen LogP contribution in [0.25, 0.3) is 10.9 Å². The first-order valence-corrected chi connectivity index (χ1v) is 12.8. The molecule has 37 heavy (non-hydrogen) atoms. The van der Waals surface area contributed by atoms with E-state index in [1.807, 2.05) is 30.3 Å². The van der Waals surface area contributed by atoms with E-state index in [2.05, 4.69) is 0 Å². The third-order valence-electron chi connectivity index (χ3n) is 6.14. The Morgan fingerprint density at radius 2 is 1.76 bits per heavy atom. The summed E-state index contributed by atoms with van der Waals surface area (Å²) in [4.78, 5) is 43.9. The van der Waals surface area contributed by atoms with Gasteiger partial charge in [-0.3, -0.25) is 24.3 Å². The summed E-state index contributed by atoms with van der Waals surface area (Å²) in [5, 5.41) is 12.1. The molecule has 3 aromatic carbocycles. The van der Waals surface area contributed by atoms with Gasteiger partial charge < -0.3 is 9.64 Å². The molecule has 5 rings (SSSR count). The molecule has 9 nitrogen and oxygen atoms in total. The molecule has 0 aliphatic carbocycles.